The molecule has 5 heteroatoms. The highest BCUT2D eigenvalue weighted by Gasteiger charge is 2.15. The van der Waals surface area contributed by atoms with E-state index in [4.69, 9.17) is 5.11 Å². The Morgan fingerprint density at radius 3 is 2.35 bits per heavy atom. The Labute approximate surface area is 124 Å². The molecule has 0 aliphatic carbocycles. The molecule has 4 nitrogen and oxygen atoms in total. The van der Waals surface area contributed by atoms with E-state index < -0.39 is 5.97 Å². The number of amides is 1. The predicted octanol–water partition coefficient (Wildman–Crippen LogP) is 3.47. The predicted molar refractivity (Wildman–Crippen MR) is 83.7 cm³/mol. The fourth-order valence-electron chi connectivity index (χ4n) is 1.63. The van der Waals surface area contributed by atoms with Gasteiger partial charge in [-0.3, -0.25) is 4.79 Å². The zero-order valence-electron chi connectivity index (χ0n) is 12.5. The standard InChI is InChI=1S/C15H21NO3S/c1-9-6-11(7-12(10(9)2)14(18)19)16-13(17)8-20-15(3,4)5/h6-7H,8H2,1-5H3,(H,16,17)(H,18,19). The largest absolute Gasteiger partial charge is 0.478 e. The topological polar surface area (TPSA) is 66.4 Å². The third-order valence-corrected chi connectivity index (χ3v) is 4.09. The molecule has 0 aliphatic rings. The minimum absolute atomic E-state index is 0.0206. The zero-order valence-corrected chi connectivity index (χ0v) is 13.4. The number of aromatic carboxylic acids is 1. The van der Waals surface area contributed by atoms with Crippen LogP contribution >= 0.6 is 11.8 Å². The molecule has 20 heavy (non-hydrogen) atoms. The number of hydrogen-bond acceptors (Lipinski definition) is 3. The van der Waals surface area contributed by atoms with Crippen LogP contribution in [-0.2, 0) is 4.79 Å². The van der Waals surface area contributed by atoms with E-state index in [-0.39, 0.29) is 16.2 Å². The van der Waals surface area contributed by atoms with Crippen molar-refractivity contribution in [2.75, 3.05) is 11.1 Å². The smallest absolute Gasteiger partial charge is 0.336 e. The average Bonchev–Trinajstić information content (AvgIpc) is 2.29. The molecule has 0 heterocycles. The first-order valence-corrected chi connectivity index (χ1v) is 7.37. The Bertz CT molecular complexity index is 533. The van der Waals surface area contributed by atoms with E-state index in [1.54, 1.807) is 24.8 Å². The number of thioether (sulfide) groups is 1. The van der Waals surface area contributed by atoms with Crippen LogP contribution in [0.2, 0.25) is 0 Å². The second kappa shape index (κ2) is 6.31. The minimum atomic E-state index is -0.981. The lowest BCUT2D eigenvalue weighted by Crippen LogP contribution is -2.19. The Balaban J connectivity index is 2.83. The van der Waals surface area contributed by atoms with Crippen molar-refractivity contribution < 1.29 is 14.7 Å². The monoisotopic (exact) mass is 295 g/mol. The third-order valence-electron chi connectivity index (χ3n) is 2.82. The summed E-state index contributed by atoms with van der Waals surface area (Å²) >= 11 is 1.55. The molecular formula is C15H21NO3S. The third kappa shape index (κ3) is 4.89. The molecule has 2 N–H and O–H groups in total. The first-order valence-electron chi connectivity index (χ1n) is 6.38. The number of carboxylic acids is 1. The molecule has 0 radical (unpaired) electrons. The van der Waals surface area contributed by atoms with E-state index >= 15 is 0 Å². The first-order chi connectivity index (χ1) is 9.10. The van der Waals surface area contributed by atoms with Gasteiger partial charge in [-0.25, -0.2) is 4.79 Å². The molecule has 1 rings (SSSR count). The van der Waals surface area contributed by atoms with Gasteiger partial charge in [0.2, 0.25) is 5.91 Å². The Morgan fingerprint density at radius 1 is 1.25 bits per heavy atom. The molecule has 0 spiro atoms. The summed E-state index contributed by atoms with van der Waals surface area (Å²) < 4.78 is 0.0206. The number of benzene rings is 1. The lowest BCUT2D eigenvalue weighted by Gasteiger charge is -2.17. The number of carbonyl (C=O) groups excluding carboxylic acids is 1. The second-order valence-corrected chi connectivity index (χ2v) is 7.52. The van der Waals surface area contributed by atoms with Crippen LogP contribution in [0.3, 0.4) is 0 Å². The molecule has 1 aromatic rings. The van der Waals surface area contributed by atoms with Crippen molar-refractivity contribution in [3.05, 3.63) is 28.8 Å². The van der Waals surface area contributed by atoms with Crippen LogP contribution in [0.1, 0.15) is 42.3 Å². The fraction of sp³-hybridized carbons (Fsp3) is 0.467. The second-order valence-electron chi connectivity index (χ2n) is 5.72. The molecule has 0 atom stereocenters. The lowest BCUT2D eigenvalue weighted by atomic mass is 10.0. The van der Waals surface area contributed by atoms with Gasteiger partial charge in [0.05, 0.1) is 11.3 Å². The van der Waals surface area contributed by atoms with Crippen molar-refractivity contribution in [2.24, 2.45) is 0 Å². The van der Waals surface area contributed by atoms with Crippen molar-refractivity contribution in [3.63, 3.8) is 0 Å². The average molecular weight is 295 g/mol. The molecule has 1 aromatic carbocycles. The van der Waals surface area contributed by atoms with E-state index in [1.165, 1.54) is 6.07 Å². The summed E-state index contributed by atoms with van der Waals surface area (Å²) in [5, 5.41) is 11.9. The van der Waals surface area contributed by atoms with Crippen LogP contribution < -0.4 is 5.32 Å². The molecule has 0 unspecified atom stereocenters. The lowest BCUT2D eigenvalue weighted by molar-refractivity contribution is -0.113. The minimum Gasteiger partial charge on any atom is -0.478 e. The van der Waals surface area contributed by atoms with Crippen LogP contribution in [0.15, 0.2) is 12.1 Å². The van der Waals surface area contributed by atoms with Gasteiger partial charge in [-0.15, -0.1) is 11.8 Å². The van der Waals surface area contributed by atoms with Crippen molar-refractivity contribution in [1.29, 1.82) is 0 Å². The highest BCUT2D eigenvalue weighted by Crippen LogP contribution is 2.24. The molecule has 110 valence electrons. The number of aryl methyl sites for hydroxylation is 1. The van der Waals surface area contributed by atoms with Gasteiger partial charge in [0.25, 0.3) is 0 Å². The Kier molecular flexibility index (Phi) is 5.22. The molecule has 0 bridgehead atoms. The maximum atomic E-state index is 11.9. The van der Waals surface area contributed by atoms with Crippen molar-refractivity contribution in [2.45, 2.75) is 39.4 Å². The van der Waals surface area contributed by atoms with Crippen LogP contribution in [0.4, 0.5) is 5.69 Å². The molecule has 1 amide bonds. The number of hydrogen-bond donors (Lipinski definition) is 2. The van der Waals surface area contributed by atoms with Crippen LogP contribution in [0, 0.1) is 13.8 Å². The summed E-state index contributed by atoms with van der Waals surface area (Å²) in [4.78, 5) is 23.0. The summed E-state index contributed by atoms with van der Waals surface area (Å²) in [6.07, 6.45) is 0. The van der Waals surface area contributed by atoms with E-state index in [0.717, 1.165) is 11.1 Å². The zero-order chi connectivity index (χ0) is 15.5. The molecule has 0 saturated carbocycles. The van der Waals surface area contributed by atoms with Gasteiger partial charge in [0, 0.05) is 10.4 Å². The molecule has 0 aromatic heterocycles. The van der Waals surface area contributed by atoms with Gasteiger partial charge in [-0.05, 0) is 37.1 Å². The quantitative estimate of drug-likeness (QED) is 0.892. The van der Waals surface area contributed by atoms with Gasteiger partial charge in [-0.2, -0.15) is 0 Å². The summed E-state index contributed by atoms with van der Waals surface area (Å²) in [5.41, 5.74) is 2.33. The van der Waals surface area contributed by atoms with E-state index in [2.05, 4.69) is 5.32 Å². The molecular weight excluding hydrogens is 274 g/mol. The van der Waals surface area contributed by atoms with E-state index in [9.17, 15) is 9.59 Å². The number of rotatable bonds is 4. The normalized spacial score (nSPS) is 11.2. The van der Waals surface area contributed by atoms with Crippen molar-refractivity contribution >= 4 is 29.3 Å². The SMILES string of the molecule is Cc1cc(NC(=O)CSC(C)(C)C)cc(C(=O)O)c1C. The first kappa shape index (κ1) is 16.6. The van der Waals surface area contributed by atoms with Gasteiger partial charge < -0.3 is 10.4 Å². The van der Waals surface area contributed by atoms with Crippen LogP contribution in [0.25, 0.3) is 0 Å². The van der Waals surface area contributed by atoms with Gasteiger partial charge in [0.15, 0.2) is 0 Å². The van der Waals surface area contributed by atoms with Crippen molar-refractivity contribution in [3.8, 4) is 0 Å². The van der Waals surface area contributed by atoms with Gasteiger partial charge in [0.1, 0.15) is 0 Å². The summed E-state index contributed by atoms with van der Waals surface area (Å²) in [5.74, 6) is -0.756. The Hall–Kier alpha value is -1.49. The molecule has 0 aliphatic heterocycles. The fourth-order valence-corrected chi connectivity index (χ4v) is 2.27. The molecule has 0 saturated heterocycles. The van der Waals surface area contributed by atoms with E-state index in [0.29, 0.717) is 11.4 Å². The maximum absolute atomic E-state index is 11.9. The Morgan fingerprint density at radius 2 is 1.85 bits per heavy atom. The van der Waals surface area contributed by atoms with E-state index in [1.807, 2.05) is 27.7 Å². The van der Waals surface area contributed by atoms with Crippen LogP contribution in [0.5, 0.6) is 0 Å². The summed E-state index contributed by atoms with van der Waals surface area (Å²) in [6, 6.07) is 3.30. The highest BCUT2D eigenvalue weighted by atomic mass is 32.2. The summed E-state index contributed by atoms with van der Waals surface area (Å²) in [7, 11) is 0. The summed E-state index contributed by atoms with van der Waals surface area (Å²) in [6.45, 7) is 9.73. The number of anilines is 1. The number of carbonyl (C=O) groups is 2. The molecule has 0 fully saturated rings. The maximum Gasteiger partial charge on any atom is 0.336 e. The van der Waals surface area contributed by atoms with Crippen molar-refractivity contribution in [1.82, 2.24) is 0 Å². The number of nitrogens with one attached hydrogen (secondary N) is 1. The highest BCUT2D eigenvalue weighted by molar-refractivity contribution is 8.01. The van der Waals surface area contributed by atoms with Gasteiger partial charge >= 0.3 is 5.97 Å². The van der Waals surface area contributed by atoms with Gasteiger partial charge in [-0.1, -0.05) is 20.8 Å². The van der Waals surface area contributed by atoms with Crippen LogP contribution in [-0.4, -0.2) is 27.5 Å². The number of carboxylic acid groups (broad SMARTS) is 1.